The molecule has 7 heteroatoms. The van der Waals surface area contributed by atoms with E-state index in [-0.39, 0.29) is 29.3 Å². The van der Waals surface area contributed by atoms with Crippen LogP contribution >= 0.6 is 23.2 Å². The molecule has 0 aliphatic heterocycles. The number of hydrogen-bond donors (Lipinski definition) is 2. The molecule has 3 nitrogen and oxygen atoms in total. The Morgan fingerprint density at radius 2 is 1.84 bits per heavy atom. The highest BCUT2D eigenvalue weighted by molar-refractivity contribution is 6.35. The summed E-state index contributed by atoms with van der Waals surface area (Å²) >= 11 is 11.7. The van der Waals surface area contributed by atoms with Crippen LogP contribution in [0.25, 0.3) is 0 Å². The molecule has 0 saturated carbocycles. The average molecular weight is 387 g/mol. The topological polar surface area (TPSA) is 41.1 Å². The lowest BCUT2D eigenvalue weighted by Gasteiger charge is -2.16. The van der Waals surface area contributed by atoms with Crippen LogP contribution in [0.3, 0.4) is 0 Å². The lowest BCUT2D eigenvalue weighted by atomic mass is 10.1. The Morgan fingerprint density at radius 3 is 2.56 bits per heavy atom. The Kier molecular flexibility index (Phi) is 7.17. The summed E-state index contributed by atoms with van der Waals surface area (Å²) in [6, 6.07) is 8.68. The molecule has 0 aliphatic rings. The van der Waals surface area contributed by atoms with Gasteiger partial charge in [-0.2, -0.15) is 0 Å². The highest BCUT2D eigenvalue weighted by Crippen LogP contribution is 2.28. The monoisotopic (exact) mass is 386 g/mol. The van der Waals surface area contributed by atoms with Gasteiger partial charge >= 0.3 is 0 Å². The fourth-order valence-electron chi connectivity index (χ4n) is 2.33. The van der Waals surface area contributed by atoms with E-state index >= 15 is 0 Å². The van der Waals surface area contributed by atoms with Crippen LogP contribution in [0, 0.1) is 11.6 Å². The predicted molar refractivity (Wildman–Crippen MR) is 96.0 cm³/mol. The fraction of sp³-hybridized carbons (Fsp3) is 0.278. The van der Waals surface area contributed by atoms with Crippen LogP contribution in [0.15, 0.2) is 36.4 Å². The van der Waals surface area contributed by atoms with Crippen LogP contribution < -0.4 is 10.6 Å². The molecule has 134 valence electrons. The van der Waals surface area contributed by atoms with Gasteiger partial charge in [0, 0.05) is 17.6 Å². The summed E-state index contributed by atoms with van der Waals surface area (Å²) in [6.07, 6.45) is 0.405. The average Bonchev–Trinajstić information content (AvgIpc) is 2.57. The summed E-state index contributed by atoms with van der Waals surface area (Å²) in [4.78, 5) is 11.9. The van der Waals surface area contributed by atoms with Crippen LogP contribution in [0.2, 0.25) is 10.0 Å². The lowest BCUT2D eigenvalue weighted by molar-refractivity contribution is -0.120. The number of nitrogens with one attached hydrogen (secondary N) is 2. The van der Waals surface area contributed by atoms with Crippen molar-refractivity contribution in [2.24, 2.45) is 0 Å². The van der Waals surface area contributed by atoms with Crippen LogP contribution in [0.5, 0.6) is 0 Å². The number of carbonyl (C=O) groups excluding carboxylic acids is 1. The molecule has 0 unspecified atom stereocenters. The van der Waals surface area contributed by atoms with E-state index < -0.39 is 5.82 Å². The first-order chi connectivity index (χ1) is 11.9. The maximum absolute atomic E-state index is 13.6. The summed E-state index contributed by atoms with van der Waals surface area (Å²) in [5, 5.41) is 5.95. The van der Waals surface area contributed by atoms with E-state index in [4.69, 9.17) is 23.2 Å². The molecule has 2 aromatic carbocycles. The van der Waals surface area contributed by atoms with Gasteiger partial charge in [0.1, 0.15) is 11.6 Å². The molecule has 0 radical (unpaired) electrons. The zero-order valence-electron chi connectivity index (χ0n) is 13.6. The van der Waals surface area contributed by atoms with Gasteiger partial charge in [0.05, 0.1) is 11.6 Å². The maximum atomic E-state index is 13.6. The van der Waals surface area contributed by atoms with Gasteiger partial charge in [0.15, 0.2) is 0 Å². The van der Waals surface area contributed by atoms with Gasteiger partial charge in [0.25, 0.3) is 0 Å². The summed E-state index contributed by atoms with van der Waals surface area (Å²) < 4.78 is 27.0. The molecule has 2 aromatic rings. The van der Waals surface area contributed by atoms with Crippen molar-refractivity contribution in [1.82, 2.24) is 10.6 Å². The van der Waals surface area contributed by atoms with Gasteiger partial charge in [-0.15, -0.1) is 0 Å². The van der Waals surface area contributed by atoms with Crippen molar-refractivity contribution >= 4 is 29.1 Å². The Bertz CT molecular complexity index is 756. The third kappa shape index (κ3) is 5.66. The Labute approximate surface area is 155 Å². The van der Waals surface area contributed by atoms with E-state index in [1.807, 2.05) is 0 Å². The maximum Gasteiger partial charge on any atom is 0.233 e. The summed E-state index contributed by atoms with van der Waals surface area (Å²) in [6.45, 7) is 2.12. The van der Waals surface area contributed by atoms with Crippen LogP contribution in [0.1, 0.15) is 24.1 Å². The van der Waals surface area contributed by atoms with E-state index in [0.717, 1.165) is 0 Å². The zero-order chi connectivity index (χ0) is 18.4. The molecular formula is C18H18Cl2F2N2O. The van der Waals surface area contributed by atoms with Crippen LogP contribution in [-0.4, -0.2) is 19.0 Å². The number of rotatable bonds is 7. The van der Waals surface area contributed by atoms with E-state index in [1.165, 1.54) is 18.2 Å². The number of amides is 1. The molecule has 0 heterocycles. The van der Waals surface area contributed by atoms with Crippen molar-refractivity contribution in [1.29, 1.82) is 0 Å². The normalized spacial score (nSPS) is 12.0. The minimum Gasteiger partial charge on any atom is -0.355 e. The van der Waals surface area contributed by atoms with Gasteiger partial charge in [-0.1, -0.05) is 41.4 Å². The predicted octanol–water partition coefficient (Wildman–Crippen LogP) is 4.28. The first-order valence-corrected chi connectivity index (χ1v) is 8.52. The largest absolute Gasteiger partial charge is 0.355 e. The Hall–Kier alpha value is -1.69. The molecule has 1 atom stereocenters. The molecule has 1 amide bonds. The molecule has 25 heavy (non-hydrogen) atoms. The molecule has 0 spiro atoms. The summed E-state index contributed by atoms with van der Waals surface area (Å²) in [5.41, 5.74) is 1.07. The van der Waals surface area contributed by atoms with Crippen LogP contribution in [-0.2, 0) is 11.2 Å². The first kappa shape index (κ1) is 19.6. The first-order valence-electron chi connectivity index (χ1n) is 7.76. The Balaban J connectivity index is 1.80. The van der Waals surface area contributed by atoms with Gasteiger partial charge in [-0.3, -0.25) is 4.79 Å². The lowest BCUT2D eigenvalue weighted by Crippen LogP contribution is -2.36. The van der Waals surface area contributed by atoms with Crippen molar-refractivity contribution in [2.45, 2.75) is 19.4 Å². The highest BCUT2D eigenvalue weighted by atomic mass is 35.5. The SMILES string of the molecule is C[C@@H](NCC(=O)NCCc1ccccc1F)c1cc(F)c(Cl)cc1Cl. The smallest absolute Gasteiger partial charge is 0.233 e. The van der Waals surface area contributed by atoms with Crippen LogP contribution in [0.4, 0.5) is 8.78 Å². The number of hydrogen-bond acceptors (Lipinski definition) is 2. The molecular weight excluding hydrogens is 369 g/mol. The molecule has 0 aromatic heterocycles. The standard InChI is InChI=1S/C18H18Cl2F2N2O/c1-11(13-8-17(22)15(20)9-14(13)19)24-10-18(25)23-7-6-12-4-2-3-5-16(12)21/h2-5,8-9,11,24H,6-7,10H2,1H3,(H,23,25)/t11-/m1/s1. The van der Waals surface area contributed by atoms with E-state index in [9.17, 15) is 13.6 Å². The van der Waals surface area contributed by atoms with E-state index in [0.29, 0.717) is 29.1 Å². The third-order valence-corrected chi connectivity index (χ3v) is 4.37. The van der Waals surface area contributed by atoms with Gasteiger partial charge < -0.3 is 10.6 Å². The number of carbonyl (C=O) groups is 1. The molecule has 2 N–H and O–H groups in total. The van der Waals surface area contributed by atoms with E-state index in [2.05, 4.69) is 10.6 Å². The quantitative estimate of drug-likeness (QED) is 0.697. The zero-order valence-corrected chi connectivity index (χ0v) is 15.1. The molecule has 0 fully saturated rings. The minimum absolute atomic E-state index is 0.0268. The van der Waals surface area contributed by atoms with Crippen molar-refractivity contribution in [3.63, 3.8) is 0 Å². The van der Waals surface area contributed by atoms with Gasteiger partial charge in [-0.05, 0) is 42.7 Å². The van der Waals surface area contributed by atoms with Crippen molar-refractivity contribution in [3.05, 3.63) is 69.2 Å². The summed E-state index contributed by atoms with van der Waals surface area (Å²) in [5.74, 6) is -1.10. The highest BCUT2D eigenvalue weighted by Gasteiger charge is 2.14. The Morgan fingerprint density at radius 1 is 1.12 bits per heavy atom. The second kappa shape index (κ2) is 9.13. The van der Waals surface area contributed by atoms with E-state index in [1.54, 1.807) is 25.1 Å². The molecule has 0 bridgehead atoms. The summed E-state index contributed by atoms with van der Waals surface area (Å²) in [7, 11) is 0. The van der Waals surface area contributed by atoms with Crippen molar-refractivity contribution in [3.8, 4) is 0 Å². The second-order valence-electron chi connectivity index (χ2n) is 5.58. The fourth-order valence-corrected chi connectivity index (χ4v) is 2.87. The minimum atomic E-state index is -0.566. The van der Waals surface area contributed by atoms with Crippen molar-refractivity contribution < 1.29 is 13.6 Å². The third-order valence-electron chi connectivity index (χ3n) is 3.75. The van der Waals surface area contributed by atoms with Gasteiger partial charge in [-0.25, -0.2) is 8.78 Å². The molecule has 2 rings (SSSR count). The second-order valence-corrected chi connectivity index (χ2v) is 6.40. The molecule has 0 saturated heterocycles. The van der Waals surface area contributed by atoms with Crippen molar-refractivity contribution in [2.75, 3.05) is 13.1 Å². The molecule has 0 aliphatic carbocycles. The number of benzene rings is 2. The number of halogens is 4. The van der Waals surface area contributed by atoms with Gasteiger partial charge in [0.2, 0.25) is 5.91 Å².